The molecule has 2 rings (SSSR count). The molecule has 0 fully saturated rings. The van der Waals surface area contributed by atoms with Gasteiger partial charge in [-0.15, -0.1) is 11.3 Å². The number of hydrogen-bond donors (Lipinski definition) is 2. The number of anilines is 1. The van der Waals surface area contributed by atoms with Crippen molar-refractivity contribution in [2.24, 2.45) is 0 Å². The summed E-state index contributed by atoms with van der Waals surface area (Å²) in [5.74, 6) is 0. The van der Waals surface area contributed by atoms with Gasteiger partial charge in [0.1, 0.15) is 4.90 Å². The highest BCUT2D eigenvalue weighted by Crippen LogP contribution is 2.33. The predicted octanol–water partition coefficient (Wildman–Crippen LogP) is 3.68. The molecule has 0 spiro atoms. The van der Waals surface area contributed by atoms with Crippen LogP contribution in [0.25, 0.3) is 0 Å². The first-order valence-electron chi connectivity index (χ1n) is 5.64. The number of rotatable bonds is 5. The van der Waals surface area contributed by atoms with Crippen molar-refractivity contribution in [1.29, 1.82) is 0 Å². The van der Waals surface area contributed by atoms with E-state index < -0.39 is 10.0 Å². The predicted molar refractivity (Wildman–Crippen MR) is 87.0 cm³/mol. The third kappa shape index (κ3) is 3.53. The Bertz CT molecular complexity index is 716. The highest BCUT2D eigenvalue weighted by Gasteiger charge is 2.21. The van der Waals surface area contributed by atoms with Crippen molar-refractivity contribution < 1.29 is 8.42 Å². The minimum atomic E-state index is -3.66. The SMILES string of the molecule is CNCc1cc(S(=O)(=O)Nc2ccccc2Cl)c(Br)s1. The fourth-order valence-corrected chi connectivity index (χ4v) is 5.60. The second-order valence-corrected chi connectivity index (χ2v) is 8.48. The highest BCUT2D eigenvalue weighted by atomic mass is 79.9. The molecule has 1 aromatic heterocycles. The molecule has 20 heavy (non-hydrogen) atoms. The molecule has 0 saturated carbocycles. The molecule has 108 valence electrons. The molecule has 0 amide bonds. The van der Waals surface area contributed by atoms with Crippen LogP contribution in [0.4, 0.5) is 5.69 Å². The second-order valence-electron chi connectivity index (χ2n) is 3.97. The Morgan fingerprint density at radius 2 is 2.05 bits per heavy atom. The second kappa shape index (κ2) is 6.44. The zero-order valence-electron chi connectivity index (χ0n) is 10.5. The molecule has 0 aliphatic rings. The van der Waals surface area contributed by atoms with E-state index in [1.807, 2.05) is 7.05 Å². The van der Waals surface area contributed by atoms with E-state index in [0.29, 0.717) is 21.0 Å². The maximum Gasteiger partial charge on any atom is 0.263 e. The largest absolute Gasteiger partial charge is 0.315 e. The van der Waals surface area contributed by atoms with Gasteiger partial charge in [-0.05, 0) is 41.2 Å². The van der Waals surface area contributed by atoms with E-state index >= 15 is 0 Å². The number of nitrogens with one attached hydrogen (secondary N) is 2. The average Bonchev–Trinajstić information content (AvgIpc) is 2.74. The fourth-order valence-electron chi connectivity index (χ4n) is 1.59. The van der Waals surface area contributed by atoms with Crippen LogP contribution in [-0.2, 0) is 16.6 Å². The van der Waals surface area contributed by atoms with Crippen LogP contribution >= 0.6 is 38.9 Å². The molecule has 0 aliphatic heterocycles. The maximum absolute atomic E-state index is 12.4. The van der Waals surface area contributed by atoms with Gasteiger partial charge in [-0.25, -0.2) is 8.42 Å². The molecule has 1 aromatic carbocycles. The van der Waals surface area contributed by atoms with Crippen LogP contribution in [0.5, 0.6) is 0 Å². The van der Waals surface area contributed by atoms with Gasteiger partial charge in [0.05, 0.1) is 14.5 Å². The zero-order valence-corrected chi connectivity index (χ0v) is 14.5. The Morgan fingerprint density at radius 1 is 1.35 bits per heavy atom. The van der Waals surface area contributed by atoms with Gasteiger partial charge in [-0.2, -0.15) is 0 Å². The van der Waals surface area contributed by atoms with E-state index in [2.05, 4.69) is 26.0 Å². The van der Waals surface area contributed by atoms with Crippen LogP contribution < -0.4 is 10.0 Å². The molecular formula is C12H12BrClN2O2S2. The third-order valence-electron chi connectivity index (χ3n) is 2.47. The van der Waals surface area contributed by atoms with Gasteiger partial charge < -0.3 is 5.32 Å². The monoisotopic (exact) mass is 394 g/mol. The van der Waals surface area contributed by atoms with Crippen molar-refractivity contribution >= 4 is 54.6 Å². The molecule has 2 aromatic rings. The van der Waals surface area contributed by atoms with E-state index in [1.165, 1.54) is 11.3 Å². The van der Waals surface area contributed by atoms with Crippen molar-refractivity contribution in [1.82, 2.24) is 5.32 Å². The summed E-state index contributed by atoms with van der Waals surface area (Å²) in [7, 11) is -1.85. The third-order valence-corrected chi connectivity index (χ3v) is 6.41. The van der Waals surface area contributed by atoms with Crippen molar-refractivity contribution in [3.8, 4) is 0 Å². The van der Waals surface area contributed by atoms with Gasteiger partial charge in [0, 0.05) is 11.4 Å². The van der Waals surface area contributed by atoms with E-state index in [4.69, 9.17) is 11.6 Å². The highest BCUT2D eigenvalue weighted by molar-refractivity contribution is 9.11. The number of thiophene rings is 1. The molecular weight excluding hydrogens is 384 g/mol. The van der Waals surface area contributed by atoms with E-state index in [0.717, 1.165) is 4.88 Å². The molecule has 8 heteroatoms. The summed E-state index contributed by atoms with van der Waals surface area (Å²) >= 11 is 10.6. The minimum absolute atomic E-state index is 0.215. The van der Waals surface area contributed by atoms with Gasteiger partial charge in [0.15, 0.2) is 0 Å². The standard InChI is InChI=1S/C12H12BrClN2O2S2/c1-15-7-8-6-11(12(13)19-8)20(17,18)16-10-5-3-2-4-9(10)14/h2-6,15-16H,7H2,1H3. The minimum Gasteiger partial charge on any atom is -0.315 e. The van der Waals surface area contributed by atoms with Gasteiger partial charge >= 0.3 is 0 Å². The lowest BCUT2D eigenvalue weighted by molar-refractivity contribution is 0.601. The molecule has 0 saturated heterocycles. The fraction of sp³-hybridized carbons (Fsp3) is 0.167. The maximum atomic E-state index is 12.4. The average molecular weight is 396 g/mol. The summed E-state index contributed by atoms with van der Waals surface area (Å²) in [5, 5.41) is 3.35. The summed E-state index contributed by atoms with van der Waals surface area (Å²) in [6.07, 6.45) is 0. The lowest BCUT2D eigenvalue weighted by Crippen LogP contribution is -2.13. The van der Waals surface area contributed by atoms with E-state index in [9.17, 15) is 8.42 Å². The summed E-state index contributed by atoms with van der Waals surface area (Å²) < 4.78 is 27.8. The Kier molecular flexibility index (Phi) is 5.09. The van der Waals surface area contributed by atoms with Gasteiger partial charge in [-0.3, -0.25) is 4.72 Å². The van der Waals surface area contributed by atoms with Crippen LogP contribution in [0.15, 0.2) is 39.0 Å². The normalized spacial score (nSPS) is 11.6. The number of halogens is 2. The lowest BCUT2D eigenvalue weighted by Gasteiger charge is -2.08. The topological polar surface area (TPSA) is 58.2 Å². The summed E-state index contributed by atoms with van der Waals surface area (Å²) in [4.78, 5) is 1.14. The number of sulfonamides is 1. The molecule has 4 nitrogen and oxygen atoms in total. The Balaban J connectivity index is 2.33. The smallest absolute Gasteiger partial charge is 0.263 e. The number of hydrogen-bond acceptors (Lipinski definition) is 4. The number of benzene rings is 1. The Morgan fingerprint density at radius 3 is 2.70 bits per heavy atom. The molecule has 0 unspecified atom stereocenters. The van der Waals surface area contributed by atoms with E-state index in [1.54, 1.807) is 30.3 Å². The van der Waals surface area contributed by atoms with E-state index in [-0.39, 0.29) is 4.90 Å². The van der Waals surface area contributed by atoms with Crippen molar-refractivity contribution in [3.63, 3.8) is 0 Å². The van der Waals surface area contributed by atoms with Crippen LogP contribution in [0, 0.1) is 0 Å². The van der Waals surface area contributed by atoms with Crippen LogP contribution in [0.1, 0.15) is 4.88 Å². The first-order chi connectivity index (χ1) is 9.44. The van der Waals surface area contributed by atoms with Crippen molar-refractivity contribution in [2.75, 3.05) is 11.8 Å². The van der Waals surface area contributed by atoms with Gasteiger partial charge in [0.2, 0.25) is 0 Å². The van der Waals surface area contributed by atoms with Crippen LogP contribution in [0.3, 0.4) is 0 Å². The van der Waals surface area contributed by atoms with Crippen LogP contribution in [-0.4, -0.2) is 15.5 Å². The molecule has 0 atom stereocenters. The summed E-state index contributed by atoms with van der Waals surface area (Å²) in [6, 6.07) is 8.36. The van der Waals surface area contributed by atoms with Crippen LogP contribution in [0.2, 0.25) is 5.02 Å². The summed E-state index contributed by atoms with van der Waals surface area (Å²) in [6.45, 7) is 0.616. The molecule has 0 aliphatic carbocycles. The molecule has 1 heterocycles. The Labute approximate surface area is 135 Å². The summed E-state index contributed by atoms with van der Waals surface area (Å²) in [5.41, 5.74) is 0.363. The lowest BCUT2D eigenvalue weighted by atomic mass is 10.3. The molecule has 2 N–H and O–H groups in total. The zero-order chi connectivity index (χ0) is 14.8. The van der Waals surface area contributed by atoms with Gasteiger partial charge in [-0.1, -0.05) is 23.7 Å². The van der Waals surface area contributed by atoms with Crippen molar-refractivity contribution in [2.45, 2.75) is 11.4 Å². The number of para-hydroxylation sites is 1. The Hall–Kier alpha value is -0.600. The quantitative estimate of drug-likeness (QED) is 0.812. The first kappa shape index (κ1) is 15.8. The molecule has 0 radical (unpaired) electrons. The molecule has 0 bridgehead atoms. The first-order valence-corrected chi connectivity index (χ1v) is 9.11. The van der Waals surface area contributed by atoms with Gasteiger partial charge in [0.25, 0.3) is 10.0 Å². The van der Waals surface area contributed by atoms with Crippen molar-refractivity contribution in [3.05, 3.63) is 44.0 Å².